The molecule has 6 nitrogen and oxygen atoms in total. The molecule has 0 amide bonds. The zero-order valence-electron chi connectivity index (χ0n) is 15.2. The number of nitro groups is 1. The van der Waals surface area contributed by atoms with E-state index in [2.05, 4.69) is 19.9 Å². The number of likely N-dealkylation sites (N-methyl/N-ethyl adjacent to an activating group) is 1. The summed E-state index contributed by atoms with van der Waals surface area (Å²) < 4.78 is 5.46. The van der Waals surface area contributed by atoms with Crippen LogP contribution in [0, 0.1) is 10.1 Å². The maximum absolute atomic E-state index is 12.5. The molecule has 0 radical (unpaired) electrons. The van der Waals surface area contributed by atoms with Crippen molar-refractivity contribution in [3.05, 3.63) is 74.9 Å². The molecule has 2 aromatic carbocycles. The molecule has 0 bridgehead atoms. The molecule has 1 heterocycles. The van der Waals surface area contributed by atoms with Crippen molar-refractivity contribution in [2.75, 3.05) is 18.6 Å². The number of halogens is 1. The maximum Gasteiger partial charge on any atom is 0.271 e. The fourth-order valence-corrected chi connectivity index (χ4v) is 3.55. The number of allylic oxidation sites excluding steroid dienone is 1. The summed E-state index contributed by atoms with van der Waals surface area (Å²) in [5, 5.41) is 10.8. The molecule has 0 spiro atoms. The summed E-state index contributed by atoms with van der Waals surface area (Å²) in [4.78, 5) is 24.7. The molecule has 0 aromatic heterocycles. The van der Waals surface area contributed by atoms with Gasteiger partial charge in [-0.3, -0.25) is 14.9 Å². The lowest BCUT2D eigenvalue weighted by Gasteiger charge is -2.24. The summed E-state index contributed by atoms with van der Waals surface area (Å²) in [6, 6.07) is 11.9. The summed E-state index contributed by atoms with van der Waals surface area (Å²) in [6.07, 6.45) is 1.58. The quantitative estimate of drug-likeness (QED) is 0.429. The van der Waals surface area contributed by atoms with Gasteiger partial charge in [0.05, 0.1) is 9.95 Å². The Bertz CT molecular complexity index is 953. The number of hydrogen-bond donors (Lipinski definition) is 0. The first-order valence-electron chi connectivity index (χ1n) is 8.37. The van der Waals surface area contributed by atoms with E-state index in [1.54, 1.807) is 6.08 Å². The van der Waals surface area contributed by atoms with Crippen molar-refractivity contribution in [1.29, 1.82) is 0 Å². The monoisotopic (exact) mass is 386 g/mol. The number of anilines is 1. The Kier molecular flexibility index (Phi) is 4.93. The highest BCUT2D eigenvalue weighted by Gasteiger charge is 2.38. The van der Waals surface area contributed by atoms with E-state index in [1.165, 1.54) is 18.2 Å². The van der Waals surface area contributed by atoms with E-state index in [-0.39, 0.29) is 34.3 Å². The second-order valence-electron chi connectivity index (χ2n) is 6.86. The van der Waals surface area contributed by atoms with Crippen LogP contribution in [0.25, 0.3) is 0 Å². The van der Waals surface area contributed by atoms with Gasteiger partial charge in [-0.15, -0.1) is 0 Å². The minimum Gasteiger partial charge on any atom is -0.484 e. The molecule has 27 heavy (non-hydrogen) atoms. The number of rotatable bonds is 5. The van der Waals surface area contributed by atoms with Gasteiger partial charge in [-0.05, 0) is 17.7 Å². The third-order valence-electron chi connectivity index (χ3n) is 4.73. The smallest absolute Gasteiger partial charge is 0.271 e. The SMILES string of the molecule is CN1C(=CC(=O)COc2ccc([N+](=O)[O-])cc2Cl)C(C)(C)c2ccccc21. The van der Waals surface area contributed by atoms with Crippen molar-refractivity contribution in [3.63, 3.8) is 0 Å². The van der Waals surface area contributed by atoms with E-state index < -0.39 is 4.92 Å². The van der Waals surface area contributed by atoms with Gasteiger partial charge in [0.25, 0.3) is 5.69 Å². The standard InChI is InChI=1S/C20H19ClN2O4/c1-20(2)15-6-4-5-7-17(15)22(3)19(20)11-14(24)12-27-18-9-8-13(23(25)26)10-16(18)21/h4-11H,12H2,1-3H3. The fraction of sp³-hybridized carbons (Fsp3) is 0.250. The molecule has 0 saturated heterocycles. The topological polar surface area (TPSA) is 72.7 Å². The second-order valence-corrected chi connectivity index (χ2v) is 7.26. The molecule has 0 atom stereocenters. The van der Waals surface area contributed by atoms with Gasteiger partial charge >= 0.3 is 0 Å². The van der Waals surface area contributed by atoms with Crippen LogP contribution < -0.4 is 9.64 Å². The highest BCUT2D eigenvalue weighted by molar-refractivity contribution is 6.32. The zero-order chi connectivity index (χ0) is 19.8. The van der Waals surface area contributed by atoms with Crippen LogP contribution >= 0.6 is 11.6 Å². The van der Waals surface area contributed by atoms with Gasteiger partial charge in [0.1, 0.15) is 5.75 Å². The number of carbonyl (C=O) groups is 1. The van der Waals surface area contributed by atoms with E-state index in [1.807, 2.05) is 30.1 Å². The van der Waals surface area contributed by atoms with Crippen molar-refractivity contribution in [2.45, 2.75) is 19.3 Å². The lowest BCUT2D eigenvalue weighted by molar-refractivity contribution is -0.384. The average Bonchev–Trinajstić information content (AvgIpc) is 2.82. The van der Waals surface area contributed by atoms with Gasteiger partial charge in [0.15, 0.2) is 12.4 Å². The molecule has 7 heteroatoms. The highest BCUT2D eigenvalue weighted by atomic mass is 35.5. The minimum atomic E-state index is -0.541. The molecule has 1 aliphatic heterocycles. The third-order valence-corrected chi connectivity index (χ3v) is 5.03. The molecule has 0 saturated carbocycles. The zero-order valence-corrected chi connectivity index (χ0v) is 16.0. The molecule has 0 N–H and O–H groups in total. The van der Waals surface area contributed by atoms with Crippen molar-refractivity contribution < 1.29 is 14.5 Å². The number of ketones is 1. The lowest BCUT2D eigenvalue weighted by Crippen LogP contribution is -2.25. The molecule has 2 aromatic rings. The van der Waals surface area contributed by atoms with Crippen LogP contribution in [0.4, 0.5) is 11.4 Å². The molecule has 3 rings (SSSR count). The number of ether oxygens (including phenoxy) is 1. The third kappa shape index (κ3) is 3.53. The summed E-state index contributed by atoms with van der Waals surface area (Å²) in [7, 11) is 1.93. The Labute approximate surface area is 162 Å². The first kappa shape index (κ1) is 18.9. The molecule has 0 aliphatic carbocycles. The van der Waals surface area contributed by atoms with Crippen LogP contribution in [0.5, 0.6) is 5.75 Å². The van der Waals surface area contributed by atoms with E-state index in [9.17, 15) is 14.9 Å². The molecule has 140 valence electrons. The number of para-hydroxylation sites is 1. The van der Waals surface area contributed by atoms with Gasteiger partial charge in [0.2, 0.25) is 0 Å². The van der Waals surface area contributed by atoms with E-state index in [0.717, 1.165) is 16.9 Å². The largest absolute Gasteiger partial charge is 0.484 e. The molecule has 0 fully saturated rings. The summed E-state index contributed by atoms with van der Waals surface area (Å²) in [6.45, 7) is 3.94. The maximum atomic E-state index is 12.5. The number of fused-ring (bicyclic) bond motifs is 1. The Hall–Kier alpha value is -2.86. The van der Waals surface area contributed by atoms with E-state index >= 15 is 0 Å². The Morgan fingerprint density at radius 1 is 1.30 bits per heavy atom. The Morgan fingerprint density at radius 3 is 2.63 bits per heavy atom. The summed E-state index contributed by atoms with van der Waals surface area (Å²) in [5.41, 5.74) is 2.68. The van der Waals surface area contributed by atoms with Crippen molar-refractivity contribution in [3.8, 4) is 5.75 Å². The number of carbonyl (C=O) groups excluding carboxylic acids is 1. The van der Waals surface area contributed by atoms with Crippen LogP contribution in [0.2, 0.25) is 5.02 Å². The summed E-state index contributed by atoms with van der Waals surface area (Å²) in [5.74, 6) is 0.0171. The number of nitro benzene ring substituents is 1. The predicted octanol–water partition coefficient (Wildman–Crippen LogP) is 4.51. The van der Waals surface area contributed by atoms with Crippen LogP contribution in [0.3, 0.4) is 0 Å². The van der Waals surface area contributed by atoms with Gasteiger partial charge < -0.3 is 9.64 Å². The van der Waals surface area contributed by atoms with Crippen LogP contribution in [0.1, 0.15) is 19.4 Å². The van der Waals surface area contributed by atoms with Gasteiger partial charge in [0, 0.05) is 42.1 Å². The molecule has 1 aliphatic rings. The minimum absolute atomic E-state index is 0.0929. The van der Waals surface area contributed by atoms with Crippen molar-refractivity contribution in [1.82, 2.24) is 0 Å². The first-order valence-corrected chi connectivity index (χ1v) is 8.74. The number of non-ortho nitro benzene ring substituents is 1. The summed E-state index contributed by atoms with van der Waals surface area (Å²) >= 11 is 5.99. The second kappa shape index (κ2) is 7.04. The lowest BCUT2D eigenvalue weighted by atomic mass is 9.83. The normalized spacial score (nSPS) is 16.3. The van der Waals surface area contributed by atoms with E-state index in [4.69, 9.17) is 16.3 Å². The number of hydrogen-bond acceptors (Lipinski definition) is 5. The molecular formula is C20H19ClN2O4. The van der Waals surface area contributed by atoms with Crippen LogP contribution in [-0.2, 0) is 10.2 Å². The first-order chi connectivity index (χ1) is 12.7. The fourth-order valence-electron chi connectivity index (χ4n) is 3.32. The van der Waals surface area contributed by atoms with Crippen molar-refractivity contribution in [2.24, 2.45) is 0 Å². The number of nitrogens with zero attached hydrogens (tertiary/aromatic N) is 2. The average molecular weight is 387 g/mol. The Balaban J connectivity index is 1.75. The van der Waals surface area contributed by atoms with Gasteiger partial charge in [-0.2, -0.15) is 0 Å². The Morgan fingerprint density at radius 2 is 2.00 bits per heavy atom. The highest BCUT2D eigenvalue weighted by Crippen LogP contribution is 2.46. The van der Waals surface area contributed by atoms with Crippen LogP contribution in [0.15, 0.2) is 54.2 Å². The molecule has 0 unspecified atom stereocenters. The predicted molar refractivity (Wildman–Crippen MR) is 105 cm³/mol. The van der Waals surface area contributed by atoms with E-state index in [0.29, 0.717) is 0 Å². The van der Waals surface area contributed by atoms with Gasteiger partial charge in [-0.25, -0.2) is 0 Å². The number of benzene rings is 2. The van der Waals surface area contributed by atoms with Crippen molar-refractivity contribution >= 4 is 28.8 Å². The van der Waals surface area contributed by atoms with Crippen LogP contribution in [-0.4, -0.2) is 24.4 Å². The van der Waals surface area contributed by atoms with Gasteiger partial charge in [-0.1, -0.05) is 43.6 Å². The molecular weight excluding hydrogens is 368 g/mol.